The van der Waals surface area contributed by atoms with Crippen molar-refractivity contribution in [3.63, 3.8) is 0 Å². The van der Waals surface area contributed by atoms with E-state index < -0.39 is 5.97 Å². The number of carboxylic acids is 1. The van der Waals surface area contributed by atoms with Gasteiger partial charge in [-0.2, -0.15) is 0 Å². The van der Waals surface area contributed by atoms with Gasteiger partial charge in [-0.3, -0.25) is 4.79 Å². The minimum atomic E-state index is -0.766. The third-order valence-electron chi connectivity index (χ3n) is 3.68. The molecule has 0 spiro atoms. The number of aliphatic carboxylic acids is 1. The molecule has 5 heteroatoms. The Bertz CT molecular complexity index is 374. The Morgan fingerprint density at radius 3 is 2.60 bits per heavy atom. The molecule has 0 aromatic rings. The number of carbonyl (C=O) groups excluding carboxylic acids is 1. The van der Waals surface area contributed by atoms with E-state index in [-0.39, 0.29) is 18.0 Å². The third kappa shape index (κ3) is 4.54. The van der Waals surface area contributed by atoms with Crippen molar-refractivity contribution in [2.24, 2.45) is 5.92 Å². The maximum absolute atomic E-state index is 12.6. The Morgan fingerprint density at radius 1 is 1.45 bits per heavy atom. The molecule has 5 nitrogen and oxygen atoms in total. The highest BCUT2D eigenvalue weighted by molar-refractivity contribution is 5.75. The second-order valence-electron chi connectivity index (χ2n) is 6.39. The molecule has 1 aliphatic rings. The van der Waals surface area contributed by atoms with Crippen molar-refractivity contribution in [2.45, 2.75) is 45.6 Å². The van der Waals surface area contributed by atoms with Gasteiger partial charge in [-0.15, -0.1) is 6.58 Å². The summed E-state index contributed by atoms with van der Waals surface area (Å²) in [6, 6.07) is 0.0234. The molecule has 2 amide bonds. The van der Waals surface area contributed by atoms with E-state index in [1.54, 1.807) is 11.0 Å². The Kier molecular flexibility index (Phi) is 5.60. The van der Waals surface area contributed by atoms with Crippen LogP contribution in [-0.4, -0.2) is 52.1 Å². The molecule has 1 saturated heterocycles. The van der Waals surface area contributed by atoms with E-state index in [1.165, 1.54) is 0 Å². The van der Waals surface area contributed by atoms with Crippen LogP contribution in [0, 0.1) is 5.92 Å². The maximum Gasteiger partial charge on any atom is 0.320 e. The summed E-state index contributed by atoms with van der Waals surface area (Å²) in [7, 11) is 0. The first-order valence-electron chi connectivity index (χ1n) is 7.15. The van der Waals surface area contributed by atoms with Gasteiger partial charge in [0.25, 0.3) is 0 Å². The van der Waals surface area contributed by atoms with E-state index in [2.05, 4.69) is 6.58 Å². The lowest BCUT2D eigenvalue weighted by atomic mass is 10.0. The van der Waals surface area contributed by atoms with Crippen LogP contribution in [0.15, 0.2) is 12.7 Å². The molecule has 1 fully saturated rings. The van der Waals surface area contributed by atoms with Gasteiger partial charge >= 0.3 is 12.0 Å². The van der Waals surface area contributed by atoms with Crippen LogP contribution >= 0.6 is 0 Å². The predicted octanol–water partition coefficient (Wildman–Crippen LogP) is 2.58. The van der Waals surface area contributed by atoms with Crippen LogP contribution in [0.25, 0.3) is 0 Å². The summed E-state index contributed by atoms with van der Waals surface area (Å²) in [4.78, 5) is 26.8. The molecular weight excluding hydrogens is 256 g/mol. The van der Waals surface area contributed by atoms with Gasteiger partial charge in [0.1, 0.15) is 0 Å². The monoisotopic (exact) mass is 282 g/mol. The number of carbonyl (C=O) groups is 2. The highest BCUT2D eigenvalue weighted by Gasteiger charge is 2.33. The van der Waals surface area contributed by atoms with Gasteiger partial charge in [-0.1, -0.05) is 6.08 Å². The fraction of sp³-hybridized carbons (Fsp3) is 0.733. The van der Waals surface area contributed by atoms with Crippen LogP contribution < -0.4 is 0 Å². The van der Waals surface area contributed by atoms with Crippen LogP contribution in [-0.2, 0) is 4.79 Å². The van der Waals surface area contributed by atoms with E-state index in [1.807, 2.05) is 25.7 Å². The van der Waals surface area contributed by atoms with Crippen molar-refractivity contribution in [3.8, 4) is 0 Å². The normalized spacial score (nSPS) is 18.9. The van der Waals surface area contributed by atoms with Crippen molar-refractivity contribution in [2.75, 3.05) is 19.6 Å². The van der Waals surface area contributed by atoms with Crippen molar-refractivity contribution >= 4 is 12.0 Å². The zero-order valence-corrected chi connectivity index (χ0v) is 12.8. The van der Waals surface area contributed by atoms with E-state index in [0.717, 1.165) is 6.42 Å². The second kappa shape index (κ2) is 6.77. The number of urea groups is 1. The zero-order chi connectivity index (χ0) is 15.3. The first kappa shape index (κ1) is 16.5. The second-order valence-corrected chi connectivity index (χ2v) is 6.39. The summed E-state index contributed by atoms with van der Waals surface area (Å²) in [5, 5.41) is 8.71. The smallest absolute Gasteiger partial charge is 0.320 e. The van der Waals surface area contributed by atoms with Crippen molar-refractivity contribution in [1.29, 1.82) is 0 Å². The zero-order valence-electron chi connectivity index (χ0n) is 12.8. The molecule has 1 aliphatic heterocycles. The van der Waals surface area contributed by atoms with Crippen molar-refractivity contribution < 1.29 is 14.7 Å². The van der Waals surface area contributed by atoms with E-state index in [0.29, 0.717) is 32.0 Å². The number of likely N-dealkylation sites (tertiary alicyclic amines) is 1. The SMILES string of the molecule is C=CCN(C(=O)N1CCC(CCC(=O)O)C1)C(C)(C)C. The largest absolute Gasteiger partial charge is 0.481 e. The standard InChI is InChI=1S/C15H26N2O3/c1-5-9-17(15(2,3)4)14(20)16-10-8-12(11-16)6-7-13(18)19/h5,12H,1,6-11H2,2-4H3,(H,18,19). The first-order valence-corrected chi connectivity index (χ1v) is 7.15. The molecule has 0 radical (unpaired) electrons. The highest BCUT2D eigenvalue weighted by Crippen LogP contribution is 2.24. The number of amides is 2. The summed E-state index contributed by atoms with van der Waals surface area (Å²) in [6.45, 7) is 11.6. The molecule has 0 saturated carbocycles. The van der Waals surface area contributed by atoms with Crippen LogP contribution in [0.1, 0.15) is 40.0 Å². The maximum atomic E-state index is 12.6. The number of hydrogen-bond donors (Lipinski definition) is 1. The fourth-order valence-corrected chi connectivity index (χ4v) is 2.51. The fourth-order valence-electron chi connectivity index (χ4n) is 2.51. The van der Waals surface area contributed by atoms with Crippen molar-refractivity contribution in [1.82, 2.24) is 9.80 Å². The van der Waals surface area contributed by atoms with Crippen LogP contribution in [0.3, 0.4) is 0 Å². The molecule has 0 bridgehead atoms. The average molecular weight is 282 g/mol. The topological polar surface area (TPSA) is 60.9 Å². The number of rotatable bonds is 5. The van der Waals surface area contributed by atoms with Gasteiger partial charge in [0.15, 0.2) is 0 Å². The molecule has 1 heterocycles. The highest BCUT2D eigenvalue weighted by atomic mass is 16.4. The first-order chi connectivity index (χ1) is 9.25. The number of carboxylic acid groups (broad SMARTS) is 1. The molecule has 1 N–H and O–H groups in total. The Morgan fingerprint density at radius 2 is 2.10 bits per heavy atom. The number of nitrogens with zero attached hydrogens (tertiary/aromatic N) is 2. The molecule has 20 heavy (non-hydrogen) atoms. The van der Waals surface area contributed by atoms with Crippen LogP contribution in [0.2, 0.25) is 0 Å². The van der Waals surface area contributed by atoms with Gasteiger partial charge in [-0.05, 0) is 39.5 Å². The Hall–Kier alpha value is -1.52. The molecular formula is C15H26N2O3. The predicted molar refractivity (Wildman–Crippen MR) is 78.6 cm³/mol. The lowest BCUT2D eigenvalue weighted by molar-refractivity contribution is -0.137. The van der Waals surface area contributed by atoms with E-state index >= 15 is 0 Å². The third-order valence-corrected chi connectivity index (χ3v) is 3.68. The van der Waals surface area contributed by atoms with Gasteiger partial charge in [0, 0.05) is 31.6 Å². The average Bonchev–Trinajstić information content (AvgIpc) is 2.80. The van der Waals surface area contributed by atoms with Gasteiger partial charge in [-0.25, -0.2) is 4.79 Å². The summed E-state index contributed by atoms with van der Waals surface area (Å²) in [6.07, 6.45) is 3.46. The number of hydrogen-bond acceptors (Lipinski definition) is 2. The molecule has 0 aromatic carbocycles. The Balaban J connectivity index is 2.59. The van der Waals surface area contributed by atoms with Crippen LogP contribution in [0.4, 0.5) is 4.79 Å². The minimum Gasteiger partial charge on any atom is -0.481 e. The lowest BCUT2D eigenvalue weighted by Crippen LogP contribution is -2.51. The van der Waals surface area contributed by atoms with E-state index in [9.17, 15) is 9.59 Å². The molecule has 1 atom stereocenters. The van der Waals surface area contributed by atoms with Crippen molar-refractivity contribution in [3.05, 3.63) is 12.7 Å². The summed E-state index contributed by atoms with van der Waals surface area (Å²) >= 11 is 0. The molecule has 0 aromatic heterocycles. The Labute approximate surface area is 121 Å². The van der Waals surface area contributed by atoms with E-state index in [4.69, 9.17) is 5.11 Å². The quantitative estimate of drug-likeness (QED) is 0.788. The summed E-state index contributed by atoms with van der Waals surface area (Å²) in [5.74, 6) is -0.460. The summed E-state index contributed by atoms with van der Waals surface area (Å²) < 4.78 is 0. The molecule has 1 rings (SSSR count). The minimum absolute atomic E-state index is 0.0234. The van der Waals surface area contributed by atoms with Crippen LogP contribution in [0.5, 0.6) is 0 Å². The van der Waals surface area contributed by atoms with Gasteiger partial charge < -0.3 is 14.9 Å². The van der Waals surface area contributed by atoms with Gasteiger partial charge in [0.05, 0.1) is 0 Å². The van der Waals surface area contributed by atoms with Gasteiger partial charge in [0.2, 0.25) is 0 Å². The molecule has 1 unspecified atom stereocenters. The summed E-state index contributed by atoms with van der Waals surface area (Å²) in [5.41, 5.74) is -0.246. The molecule has 0 aliphatic carbocycles. The lowest BCUT2D eigenvalue weighted by Gasteiger charge is -2.37. The molecule has 114 valence electrons.